The molecule has 1 amide bonds. The van der Waals surface area contributed by atoms with Crippen LogP contribution in [0.5, 0.6) is 0 Å². The number of carbonyl (C=O) groups is 1. The number of rotatable bonds is 3. The number of nitrogens with zero attached hydrogens (tertiary/aromatic N) is 1. The van der Waals surface area contributed by atoms with E-state index in [0.29, 0.717) is 19.6 Å². The van der Waals surface area contributed by atoms with Gasteiger partial charge in [0.25, 0.3) is 0 Å². The van der Waals surface area contributed by atoms with Crippen LogP contribution in [0.3, 0.4) is 0 Å². The largest absolute Gasteiger partial charge is 0.465 e. The second-order valence-electron chi connectivity index (χ2n) is 3.85. The molecule has 0 aromatic heterocycles. The van der Waals surface area contributed by atoms with Crippen LogP contribution in [0.15, 0.2) is 0 Å². The predicted octanol–water partition coefficient (Wildman–Crippen LogP) is -0.137. The van der Waals surface area contributed by atoms with Gasteiger partial charge in [-0.3, -0.25) is 0 Å². The predicted molar refractivity (Wildman–Crippen MR) is 49.5 cm³/mol. The molecule has 15 heavy (non-hydrogen) atoms. The fraction of sp³-hybridized carbons (Fsp3) is 0.889. The lowest BCUT2D eigenvalue weighted by molar-refractivity contribution is -0.233. The van der Waals surface area contributed by atoms with Crippen molar-refractivity contribution >= 4 is 6.09 Å². The van der Waals surface area contributed by atoms with Crippen LogP contribution in [0.25, 0.3) is 0 Å². The minimum Gasteiger partial charge on any atom is -0.465 e. The van der Waals surface area contributed by atoms with Crippen molar-refractivity contribution in [3.63, 3.8) is 0 Å². The van der Waals surface area contributed by atoms with Crippen molar-refractivity contribution in [1.82, 2.24) is 4.90 Å². The van der Waals surface area contributed by atoms with Crippen molar-refractivity contribution in [3.8, 4) is 0 Å². The van der Waals surface area contributed by atoms with Crippen LogP contribution in [0.2, 0.25) is 0 Å². The molecule has 0 radical (unpaired) electrons. The van der Waals surface area contributed by atoms with Crippen LogP contribution in [0, 0.1) is 0 Å². The first-order valence-electron chi connectivity index (χ1n) is 5.08. The maximum atomic E-state index is 10.8. The number of carboxylic acid groups (broad SMARTS) is 1. The van der Waals surface area contributed by atoms with E-state index in [2.05, 4.69) is 0 Å². The van der Waals surface area contributed by atoms with Gasteiger partial charge in [0.05, 0.1) is 31.9 Å². The molecule has 2 N–H and O–H groups in total. The van der Waals surface area contributed by atoms with Crippen molar-refractivity contribution in [2.24, 2.45) is 0 Å². The zero-order chi connectivity index (χ0) is 10.8. The molecule has 0 aromatic rings. The quantitative estimate of drug-likeness (QED) is 0.688. The van der Waals surface area contributed by atoms with Gasteiger partial charge in [0.2, 0.25) is 0 Å². The van der Waals surface area contributed by atoms with Gasteiger partial charge in [-0.1, -0.05) is 0 Å². The Morgan fingerprint density at radius 1 is 1.60 bits per heavy atom. The molecule has 3 atom stereocenters. The number of hydrogen-bond acceptors (Lipinski definition) is 4. The molecule has 0 spiro atoms. The lowest BCUT2D eigenvalue weighted by Crippen LogP contribution is -2.37. The van der Waals surface area contributed by atoms with Crippen LogP contribution in [-0.4, -0.2) is 59.4 Å². The molecular formula is C9H15NO5. The average Bonchev–Trinajstić information content (AvgIpc) is 2.54. The summed E-state index contributed by atoms with van der Waals surface area (Å²) < 4.78 is 10.6. The highest BCUT2D eigenvalue weighted by Crippen LogP contribution is 2.24. The SMILES string of the molecule is O=C(O)N1CC(OC2CCO2)C[C@@H]1CO. The third kappa shape index (κ3) is 2.22. The molecule has 2 heterocycles. The number of aliphatic hydroxyl groups excluding tert-OH is 1. The second kappa shape index (κ2) is 4.34. The molecule has 6 nitrogen and oxygen atoms in total. The van der Waals surface area contributed by atoms with Gasteiger partial charge in [-0.25, -0.2) is 4.79 Å². The molecule has 0 saturated carbocycles. The molecule has 2 rings (SSSR count). The van der Waals surface area contributed by atoms with Gasteiger partial charge < -0.3 is 24.6 Å². The number of aliphatic hydroxyl groups is 1. The highest BCUT2D eigenvalue weighted by molar-refractivity contribution is 5.66. The second-order valence-corrected chi connectivity index (χ2v) is 3.85. The molecule has 2 fully saturated rings. The van der Waals surface area contributed by atoms with Gasteiger partial charge in [0.1, 0.15) is 0 Å². The molecule has 6 heteroatoms. The third-order valence-corrected chi connectivity index (χ3v) is 2.83. The topological polar surface area (TPSA) is 79.2 Å². The Hall–Kier alpha value is -0.850. The molecule has 0 aliphatic carbocycles. The Bertz CT molecular complexity index is 243. The lowest BCUT2D eigenvalue weighted by atomic mass is 10.2. The number of likely N-dealkylation sites (tertiary alicyclic amines) is 1. The van der Waals surface area contributed by atoms with Crippen LogP contribution in [0.1, 0.15) is 12.8 Å². The molecule has 0 bridgehead atoms. The zero-order valence-electron chi connectivity index (χ0n) is 8.33. The summed E-state index contributed by atoms with van der Waals surface area (Å²) in [6.45, 7) is 0.877. The summed E-state index contributed by atoms with van der Waals surface area (Å²) in [5, 5.41) is 17.9. The fourth-order valence-electron chi connectivity index (χ4n) is 1.92. The normalized spacial score (nSPS) is 35.3. The molecule has 86 valence electrons. The first kappa shape index (κ1) is 10.7. The monoisotopic (exact) mass is 217 g/mol. The van der Waals surface area contributed by atoms with Gasteiger partial charge in [0, 0.05) is 6.42 Å². The number of amides is 1. The minimum atomic E-state index is -1.00. The summed E-state index contributed by atoms with van der Waals surface area (Å²) in [5.41, 5.74) is 0. The van der Waals surface area contributed by atoms with Crippen LogP contribution >= 0.6 is 0 Å². The summed E-state index contributed by atoms with van der Waals surface area (Å²) in [7, 11) is 0. The fourth-order valence-corrected chi connectivity index (χ4v) is 1.92. The Morgan fingerprint density at radius 3 is 2.73 bits per heavy atom. The van der Waals surface area contributed by atoms with Crippen molar-refractivity contribution < 1.29 is 24.5 Å². The average molecular weight is 217 g/mol. The maximum absolute atomic E-state index is 10.8. The zero-order valence-corrected chi connectivity index (χ0v) is 8.33. The summed E-state index contributed by atoms with van der Waals surface area (Å²) in [5.74, 6) is 0. The van der Waals surface area contributed by atoms with E-state index < -0.39 is 6.09 Å². The Balaban J connectivity index is 1.86. The smallest absolute Gasteiger partial charge is 0.407 e. The number of hydrogen-bond donors (Lipinski definition) is 2. The minimum absolute atomic E-state index is 0.149. The Morgan fingerprint density at radius 2 is 2.33 bits per heavy atom. The van der Waals surface area contributed by atoms with E-state index in [1.807, 2.05) is 0 Å². The van der Waals surface area contributed by atoms with Crippen molar-refractivity contribution in [2.75, 3.05) is 19.8 Å². The summed E-state index contributed by atoms with van der Waals surface area (Å²) in [6, 6.07) is -0.340. The van der Waals surface area contributed by atoms with E-state index >= 15 is 0 Å². The first-order chi connectivity index (χ1) is 7.20. The van der Waals surface area contributed by atoms with E-state index in [1.165, 1.54) is 4.90 Å². The van der Waals surface area contributed by atoms with Gasteiger partial charge in [-0.15, -0.1) is 0 Å². The van der Waals surface area contributed by atoms with E-state index in [9.17, 15) is 4.79 Å². The van der Waals surface area contributed by atoms with E-state index in [0.717, 1.165) is 6.42 Å². The van der Waals surface area contributed by atoms with E-state index in [4.69, 9.17) is 19.7 Å². The molecule has 2 saturated heterocycles. The van der Waals surface area contributed by atoms with Gasteiger partial charge in [0.15, 0.2) is 6.29 Å². The summed E-state index contributed by atoms with van der Waals surface area (Å²) >= 11 is 0. The highest BCUT2D eigenvalue weighted by Gasteiger charge is 2.37. The standard InChI is InChI=1S/C9H15NO5/c11-5-6-3-7(4-10(6)9(12)13)15-8-1-2-14-8/h6-8,11H,1-5H2,(H,12,13)/t6-,7?,8?/m1/s1. The van der Waals surface area contributed by atoms with E-state index in [-0.39, 0.29) is 25.0 Å². The molecule has 2 aliphatic heterocycles. The van der Waals surface area contributed by atoms with Crippen molar-refractivity contribution in [2.45, 2.75) is 31.3 Å². The Kier molecular flexibility index (Phi) is 3.08. The molecular weight excluding hydrogens is 202 g/mol. The lowest BCUT2D eigenvalue weighted by Gasteiger charge is -2.28. The maximum Gasteiger partial charge on any atom is 0.407 e. The molecule has 2 unspecified atom stereocenters. The number of ether oxygens (including phenoxy) is 2. The molecule has 2 aliphatic rings. The van der Waals surface area contributed by atoms with E-state index in [1.54, 1.807) is 0 Å². The van der Waals surface area contributed by atoms with Crippen LogP contribution in [-0.2, 0) is 9.47 Å². The van der Waals surface area contributed by atoms with Crippen LogP contribution in [0.4, 0.5) is 4.79 Å². The first-order valence-corrected chi connectivity index (χ1v) is 5.08. The highest BCUT2D eigenvalue weighted by atomic mass is 16.7. The van der Waals surface area contributed by atoms with Crippen LogP contribution < -0.4 is 0 Å². The van der Waals surface area contributed by atoms with Gasteiger partial charge in [-0.2, -0.15) is 0 Å². The van der Waals surface area contributed by atoms with Crippen molar-refractivity contribution in [1.29, 1.82) is 0 Å². The summed E-state index contributed by atoms with van der Waals surface area (Å²) in [4.78, 5) is 12.0. The third-order valence-electron chi connectivity index (χ3n) is 2.83. The van der Waals surface area contributed by atoms with Crippen molar-refractivity contribution in [3.05, 3.63) is 0 Å². The van der Waals surface area contributed by atoms with Gasteiger partial charge in [-0.05, 0) is 6.42 Å². The molecule has 0 aromatic carbocycles. The van der Waals surface area contributed by atoms with Gasteiger partial charge >= 0.3 is 6.09 Å². The Labute approximate surface area is 87.4 Å². The summed E-state index contributed by atoms with van der Waals surface area (Å²) in [6.07, 6.45) is 0.0806.